The zero-order chi connectivity index (χ0) is 27.2. The number of benzene rings is 2. The molecule has 192 valence electrons. The third-order valence-corrected chi connectivity index (χ3v) is 7.67. The van der Waals surface area contributed by atoms with Crippen molar-refractivity contribution in [1.82, 2.24) is 19.9 Å². The number of fused-ring (bicyclic) bond motifs is 2. The third kappa shape index (κ3) is 6.91. The lowest BCUT2D eigenvalue weighted by atomic mass is 9.79. The number of aryl methyl sites for hydroxylation is 2. The van der Waals surface area contributed by atoms with Gasteiger partial charge in [0.25, 0.3) is 0 Å². The Kier molecular flexibility index (Phi) is 9.03. The predicted octanol–water partition coefficient (Wildman–Crippen LogP) is 4.96. The first kappa shape index (κ1) is 27.6. The Morgan fingerprint density at radius 2 is 1.34 bits per heavy atom. The van der Waals surface area contributed by atoms with Gasteiger partial charge in [0.1, 0.15) is 0 Å². The second kappa shape index (κ2) is 12.4. The van der Waals surface area contributed by atoms with Crippen LogP contribution in [0.5, 0.6) is 0 Å². The van der Waals surface area contributed by atoms with E-state index < -0.39 is 7.12 Å². The molecule has 0 atom stereocenters. The fourth-order valence-electron chi connectivity index (χ4n) is 3.54. The number of nitrogens with zero attached hydrogens (tertiary/aromatic N) is 4. The molecule has 0 aliphatic heterocycles. The number of nitrogen functional groups attached to an aromatic ring is 2. The van der Waals surface area contributed by atoms with E-state index in [9.17, 15) is 0 Å². The second-order valence-corrected chi connectivity index (χ2v) is 11.2. The number of thiazole rings is 2. The summed E-state index contributed by atoms with van der Waals surface area (Å²) >= 11 is 6.40. The first-order valence-corrected chi connectivity index (χ1v) is 13.8. The van der Waals surface area contributed by atoms with E-state index in [0.717, 1.165) is 41.6 Å². The molecule has 38 heavy (non-hydrogen) atoms. The molecule has 0 saturated heterocycles. The molecule has 2 aromatic carbocycles. The Morgan fingerprint density at radius 1 is 0.763 bits per heavy atom. The third-order valence-electron chi connectivity index (χ3n) is 5.48. The van der Waals surface area contributed by atoms with E-state index in [1.807, 2.05) is 42.7 Å². The van der Waals surface area contributed by atoms with Gasteiger partial charge < -0.3 is 21.5 Å². The molecule has 0 amide bonds. The summed E-state index contributed by atoms with van der Waals surface area (Å²) in [5, 5.41) is 18.7. The first-order chi connectivity index (χ1) is 18.2. The van der Waals surface area contributed by atoms with Gasteiger partial charge >= 0.3 is 7.12 Å². The van der Waals surface area contributed by atoms with Crippen LogP contribution in [0.2, 0.25) is 0 Å². The molecule has 4 aromatic heterocycles. The van der Waals surface area contributed by atoms with E-state index in [0.29, 0.717) is 15.7 Å². The molecule has 0 saturated carbocycles. The summed E-state index contributed by atoms with van der Waals surface area (Å²) in [4.78, 5) is 16.3. The molecular weight excluding hydrogens is 583 g/mol. The average Bonchev–Trinajstić information content (AvgIpc) is 3.44. The van der Waals surface area contributed by atoms with Crippen molar-refractivity contribution in [3.8, 4) is 11.1 Å². The fourth-order valence-corrected chi connectivity index (χ4v) is 5.60. The largest absolute Gasteiger partial charge is 0.490 e. The van der Waals surface area contributed by atoms with E-state index in [4.69, 9.17) is 21.5 Å². The van der Waals surface area contributed by atoms with Gasteiger partial charge in [0.15, 0.2) is 10.3 Å². The number of halogens is 1. The summed E-state index contributed by atoms with van der Waals surface area (Å²) in [7, 11) is -1.41. The highest BCUT2D eigenvalue weighted by Crippen LogP contribution is 2.30. The summed E-state index contributed by atoms with van der Waals surface area (Å²) in [6.45, 7) is 3.89. The quantitative estimate of drug-likeness (QED) is 0.202. The van der Waals surface area contributed by atoms with Gasteiger partial charge in [-0.05, 0) is 73.0 Å². The smallest absolute Gasteiger partial charge is 0.423 e. The van der Waals surface area contributed by atoms with Crippen molar-refractivity contribution in [2.45, 2.75) is 13.8 Å². The lowest BCUT2D eigenvalue weighted by molar-refractivity contribution is 0.425. The van der Waals surface area contributed by atoms with Crippen LogP contribution in [0.4, 0.5) is 10.3 Å². The van der Waals surface area contributed by atoms with Gasteiger partial charge in [-0.2, -0.15) is 0 Å². The Hall–Kier alpha value is -3.42. The highest BCUT2D eigenvalue weighted by molar-refractivity contribution is 9.10. The Bertz CT molecular complexity index is 1690. The van der Waals surface area contributed by atoms with E-state index in [2.05, 4.69) is 54.9 Å². The summed E-state index contributed by atoms with van der Waals surface area (Å²) in [5.74, 6) is 0. The van der Waals surface area contributed by atoms with Crippen LogP contribution in [0.1, 0.15) is 11.1 Å². The van der Waals surface area contributed by atoms with Crippen LogP contribution in [0, 0.1) is 13.8 Å². The maximum Gasteiger partial charge on any atom is 0.490 e. The zero-order valence-corrected chi connectivity index (χ0v) is 23.8. The topological polar surface area (TPSA) is 144 Å². The highest BCUT2D eigenvalue weighted by Gasteiger charge is 2.12. The van der Waals surface area contributed by atoms with Gasteiger partial charge in [-0.3, -0.25) is 9.97 Å². The number of hydrogen-bond donors (Lipinski definition) is 4. The maximum absolute atomic E-state index is 8.72. The molecule has 12 heteroatoms. The van der Waals surface area contributed by atoms with E-state index in [1.54, 1.807) is 19.2 Å². The molecule has 0 radical (unpaired) electrons. The van der Waals surface area contributed by atoms with Crippen LogP contribution in [-0.2, 0) is 0 Å². The van der Waals surface area contributed by atoms with Gasteiger partial charge in [-0.1, -0.05) is 44.7 Å². The van der Waals surface area contributed by atoms with Crippen LogP contribution < -0.4 is 16.9 Å². The van der Waals surface area contributed by atoms with Crippen molar-refractivity contribution >= 4 is 81.9 Å². The van der Waals surface area contributed by atoms with Gasteiger partial charge in [0.2, 0.25) is 0 Å². The molecule has 6 aromatic rings. The molecule has 4 heterocycles. The summed E-state index contributed by atoms with van der Waals surface area (Å²) in [6.07, 6.45) is 6.75. The lowest BCUT2D eigenvalue weighted by Crippen LogP contribution is -2.32. The summed E-state index contributed by atoms with van der Waals surface area (Å²) in [5.41, 5.74) is 18.0. The summed E-state index contributed by atoms with van der Waals surface area (Å²) < 4.78 is 3.30. The minimum absolute atomic E-state index is 0.461. The van der Waals surface area contributed by atoms with Crippen molar-refractivity contribution < 1.29 is 10.0 Å². The second-order valence-electron chi connectivity index (χ2n) is 8.20. The van der Waals surface area contributed by atoms with Gasteiger partial charge in [-0.15, -0.1) is 0 Å². The highest BCUT2D eigenvalue weighted by atomic mass is 79.9. The normalized spacial score (nSPS) is 10.4. The Morgan fingerprint density at radius 3 is 1.92 bits per heavy atom. The Labute approximate surface area is 236 Å². The molecular formula is C26H24BBrN6O2S2. The van der Waals surface area contributed by atoms with Crippen LogP contribution >= 0.6 is 38.6 Å². The molecule has 6 rings (SSSR count). The van der Waals surface area contributed by atoms with Crippen LogP contribution in [-0.4, -0.2) is 37.1 Å². The molecule has 0 aliphatic rings. The van der Waals surface area contributed by atoms with Gasteiger partial charge in [0, 0.05) is 40.3 Å². The van der Waals surface area contributed by atoms with Crippen LogP contribution in [0.3, 0.4) is 0 Å². The van der Waals surface area contributed by atoms with E-state index >= 15 is 0 Å². The zero-order valence-electron chi connectivity index (χ0n) is 20.5. The monoisotopic (exact) mass is 606 g/mol. The van der Waals surface area contributed by atoms with Crippen LogP contribution in [0.15, 0.2) is 77.8 Å². The molecule has 0 aliphatic carbocycles. The van der Waals surface area contributed by atoms with Crippen LogP contribution in [0.25, 0.3) is 31.6 Å². The lowest BCUT2D eigenvalue weighted by Gasteiger charge is -2.04. The molecule has 0 spiro atoms. The maximum atomic E-state index is 8.72. The minimum atomic E-state index is -1.41. The molecule has 0 fully saturated rings. The molecule has 0 unspecified atom stereocenters. The number of rotatable bonds is 2. The molecule has 6 N–H and O–H groups in total. The molecule has 0 bridgehead atoms. The van der Waals surface area contributed by atoms with Crippen molar-refractivity contribution in [1.29, 1.82) is 0 Å². The average molecular weight is 607 g/mol. The number of nitrogens with two attached hydrogens (primary N) is 2. The minimum Gasteiger partial charge on any atom is -0.423 e. The molecule has 8 nitrogen and oxygen atoms in total. The fraction of sp³-hybridized carbons (Fsp3) is 0.0769. The van der Waals surface area contributed by atoms with Crippen molar-refractivity contribution in [3.05, 3.63) is 88.9 Å². The Balaban J connectivity index is 0.000000140. The first-order valence-electron chi connectivity index (χ1n) is 11.4. The predicted molar refractivity (Wildman–Crippen MR) is 163 cm³/mol. The van der Waals surface area contributed by atoms with Crippen molar-refractivity contribution in [2.24, 2.45) is 0 Å². The standard InChI is InChI=1S/C13H11N3S.C7H5BrN2S.C6H8BNO2/c1-8-4-5-15-7-10(8)9-2-3-11-12(6-9)17-13(14)16-11;8-4-1-2-5-6(3-4)11-7(9)10-5;1-5-2-3-8-4-6(5)7(9)10/h2-7H,1H3,(H2,14,16);1-3H,(H2,9,10);2-4,9-10H,1H3. The number of anilines is 2. The summed E-state index contributed by atoms with van der Waals surface area (Å²) in [6, 6.07) is 15.9. The number of hydrogen-bond acceptors (Lipinski definition) is 10. The van der Waals surface area contributed by atoms with Crippen molar-refractivity contribution in [2.75, 3.05) is 11.5 Å². The van der Waals surface area contributed by atoms with E-state index in [-0.39, 0.29) is 0 Å². The number of aromatic nitrogens is 4. The van der Waals surface area contributed by atoms with Crippen molar-refractivity contribution in [3.63, 3.8) is 0 Å². The van der Waals surface area contributed by atoms with Gasteiger partial charge in [0.05, 0.1) is 20.4 Å². The SMILES string of the molecule is Cc1ccncc1-c1ccc2nc(N)sc2c1.Cc1ccncc1B(O)O.Nc1nc2ccc(Br)cc2s1. The van der Waals surface area contributed by atoms with Gasteiger partial charge in [-0.25, -0.2) is 9.97 Å². The van der Waals surface area contributed by atoms with E-state index in [1.165, 1.54) is 34.4 Å². The number of pyridine rings is 2.